The van der Waals surface area contributed by atoms with E-state index in [1.165, 1.54) is 18.2 Å². The smallest absolute Gasteiger partial charge is 0.244 e. The number of halogens is 1. The lowest BCUT2D eigenvalue weighted by Gasteiger charge is -2.07. The van der Waals surface area contributed by atoms with Gasteiger partial charge in [0.1, 0.15) is 5.82 Å². The number of rotatable bonds is 4. The summed E-state index contributed by atoms with van der Waals surface area (Å²) < 4.78 is 12.6. The molecule has 1 aromatic carbocycles. The Labute approximate surface area is 101 Å². The zero-order valence-corrected chi connectivity index (χ0v) is 9.61. The Morgan fingerprint density at radius 1 is 1.53 bits per heavy atom. The van der Waals surface area contributed by atoms with Crippen LogP contribution in [-0.4, -0.2) is 11.9 Å². The van der Waals surface area contributed by atoms with Crippen LogP contribution in [-0.2, 0) is 4.79 Å². The van der Waals surface area contributed by atoms with Crippen molar-refractivity contribution in [3.05, 3.63) is 41.7 Å². The van der Waals surface area contributed by atoms with Crippen molar-refractivity contribution in [1.82, 2.24) is 5.32 Å². The van der Waals surface area contributed by atoms with E-state index in [4.69, 9.17) is 6.42 Å². The highest BCUT2D eigenvalue weighted by Gasteiger charge is 2.01. The molecule has 1 atom stereocenters. The molecule has 17 heavy (non-hydrogen) atoms. The third-order valence-electron chi connectivity index (χ3n) is 2.11. The van der Waals surface area contributed by atoms with Crippen LogP contribution in [0.15, 0.2) is 30.3 Å². The molecule has 0 aliphatic carbocycles. The highest BCUT2D eigenvalue weighted by Crippen LogP contribution is 2.04. The van der Waals surface area contributed by atoms with E-state index in [9.17, 15) is 9.18 Å². The molecule has 0 aliphatic rings. The van der Waals surface area contributed by atoms with Crippen LogP contribution in [0.2, 0.25) is 0 Å². The first-order valence-corrected chi connectivity index (χ1v) is 5.29. The van der Waals surface area contributed by atoms with Gasteiger partial charge in [0.2, 0.25) is 5.91 Å². The molecule has 0 bridgehead atoms. The van der Waals surface area contributed by atoms with Crippen molar-refractivity contribution in [3.8, 4) is 12.3 Å². The number of benzene rings is 1. The van der Waals surface area contributed by atoms with Crippen LogP contribution >= 0.6 is 0 Å². The van der Waals surface area contributed by atoms with E-state index in [0.29, 0.717) is 6.42 Å². The molecule has 0 saturated heterocycles. The van der Waals surface area contributed by atoms with Gasteiger partial charge < -0.3 is 5.32 Å². The molecule has 1 unspecified atom stereocenters. The normalized spacial score (nSPS) is 12.1. The quantitative estimate of drug-likeness (QED) is 0.625. The van der Waals surface area contributed by atoms with Gasteiger partial charge in [-0.15, -0.1) is 12.3 Å². The summed E-state index contributed by atoms with van der Waals surface area (Å²) in [6.07, 6.45) is 8.65. The molecular formula is C14H14FNO. The van der Waals surface area contributed by atoms with Gasteiger partial charge in [-0.2, -0.15) is 0 Å². The Morgan fingerprint density at radius 3 is 2.76 bits per heavy atom. The third kappa shape index (κ3) is 4.98. The van der Waals surface area contributed by atoms with Crippen molar-refractivity contribution in [2.75, 3.05) is 0 Å². The summed E-state index contributed by atoms with van der Waals surface area (Å²) in [6.45, 7) is 1.84. The first kappa shape index (κ1) is 13.0. The topological polar surface area (TPSA) is 29.1 Å². The molecule has 3 heteroatoms. The predicted octanol–water partition coefficient (Wildman–Crippen LogP) is 2.37. The first-order chi connectivity index (χ1) is 8.11. The van der Waals surface area contributed by atoms with Crippen molar-refractivity contribution in [1.29, 1.82) is 0 Å². The first-order valence-electron chi connectivity index (χ1n) is 5.29. The van der Waals surface area contributed by atoms with Crippen molar-refractivity contribution in [2.45, 2.75) is 19.4 Å². The molecule has 2 nitrogen and oxygen atoms in total. The van der Waals surface area contributed by atoms with Gasteiger partial charge in [-0.3, -0.25) is 4.79 Å². The minimum Gasteiger partial charge on any atom is -0.349 e. The highest BCUT2D eigenvalue weighted by molar-refractivity contribution is 5.91. The Kier molecular flexibility index (Phi) is 4.96. The summed E-state index contributed by atoms with van der Waals surface area (Å²) in [4.78, 5) is 11.4. The molecule has 88 valence electrons. The van der Waals surface area contributed by atoms with Gasteiger partial charge in [0.05, 0.1) is 0 Å². The number of hydrogen-bond acceptors (Lipinski definition) is 1. The second-order valence-electron chi connectivity index (χ2n) is 3.70. The standard InChI is InChI=1S/C14H14FNO/c1-3-4-11(2)16-14(17)10-7-12-5-8-13(15)9-6-12/h1,5-11H,4H2,2H3,(H,16,17)/b10-7+. The molecule has 1 rings (SSSR count). The highest BCUT2D eigenvalue weighted by atomic mass is 19.1. The second kappa shape index (κ2) is 6.49. The fraction of sp³-hybridized carbons (Fsp3) is 0.214. The number of terminal acetylenes is 1. The van der Waals surface area contributed by atoms with Crippen LogP contribution in [0.3, 0.4) is 0 Å². The van der Waals surface area contributed by atoms with E-state index in [-0.39, 0.29) is 17.8 Å². The zero-order chi connectivity index (χ0) is 12.7. The van der Waals surface area contributed by atoms with Crippen molar-refractivity contribution < 1.29 is 9.18 Å². The summed E-state index contributed by atoms with van der Waals surface area (Å²) >= 11 is 0. The van der Waals surface area contributed by atoms with Crippen LogP contribution in [0.5, 0.6) is 0 Å². The molecular weight excluding hydrogens is 217 g/mol. The monoisotopic (exact) mass is 231 g/mol. The average Bonchev–Trinajstić information content (AvgIpc) is 2.28. The number of hydrogen-bond donors (Lipinski definition) is 1. The Balaban J connectivity index is 2.51. The van der Waals surface area contributed by atoms with Crippen LogP contribution in [0.25, 0.3) is 6.08 Å². The van der Waals surface area contributed by atoms with Crippen LogP contribution in [0.4, 0.5) is 4.39 Å². The molecule has 1 amide bonds. The molecule has 0 saturated carbocycles. The largest absolute Gasteiger partial charge is 0.349 e. The maximum absolute atomic E-state index is 12.6. The maximum Gasteiger partial charge on any atom is 0.244 e. The van der Waals surface area contributed by atoms with Crippen LogP contribution in [0.1, 0.15) is 18.9 Å². The molecule has 0 spiro atoms. The Hall–Kier alpha value is -2.08. The van der Waals surface area contributed by atoms with Crippen molar-refractivity contribution >= 4 is 12.0 Å². The summed E-state index contributed by atoms with van der Waals surface area (Å²) in [5.74, 6) is 1.96. The maximum atomic E-state index is 12.6. The molecule has 0 aromatic heterocycles. The average molecular weight is 231 g/mol. The summed E-state index contributed by atoms with van der Waals surface area (Å²) in [7, 11) is 0. The molecule has 1 N–H and O–H groups in total. The van der Waals surface area contributed by atoms with Gasteiger partial charge in [-0.1, -0.05) is 12.1 Å². The number of amides is 1. The van der Waals surface area contributed by atoms with E-state index >= 15 is 0 Å². The third-order valence-corrected chi connectivity index (χ3v) is 2.11. The fourth-order valence-electron chi connectivity index (χ4n) is 1.26. The molecule has 1 aromatic rings. The molecule has 0 heterocycles. The second-order valence-corrected chi connectivity index (χ2v) is 3.70. The van der Waals surface area contributed by atoms with Crippen LogP contribution < -0.4 is 5.32 Å². The van der Waals surface area contributed by atoms with Gasteiger partial charge in [-0.25, -0.2) is 4.39 Å². The van der Waals surface area contributed by atoms with Gasteiger partial charge in [0.25, 0.3) is 0 Å². The number of nitrogens with one attached hydrogen (secondary N) is 1. The molecule has 0 radical (unpaired) electrons. The Morgan fingerprint density at radius 2 is 2.18 bits per heavy atom. The van der Waals surface area contributed by atoms with E-state index in [1.54, 1.807) is 18.2 Å². The fourth-order valence-corrected chi connectivity index (χ4v) is 1.26. The van der Waals surface area contributed by atoms with Gasteiger partial charge in [0, 0.05) is 18.5 Å². The Bertz CT molecular complexity index is 442. The van der Waals surface area contributed by atoms with Gasteiger partial charge >= 0.3 is 0 Å². The minimum atomic E-state index is -0.297. The van der Waals surface area contributed by atoms with Gasteiger partial charge in [0.15, 0.2) is 0 Å². The zero-order valence-electron chi connectivity index (χ0n) is 9.61. The van der Waals surface area contributed by atoms with Gasteiger partial charge in [-0.05, 0) is 30.7 Å². The lowest BCUT2D eigenvalue weighted by Crippen LogP contribution is -2.30. The predicted molar refractivity (Wildman–Crippen MR) is 66.5 cm³/mol. The van der Waals surface area contributed by atoms with Crippen LogP contribution in [0, 0.1) is 18.2 Å². The summed E-state index contributed by atoms with van der Waals surface area (Å²) in [6, 6.07) is 5.84. The van der Waals surface area contributed by atoms with E-state index in [0.717, 1.165) is 5.56 Å². The lowest BCUT2D eigenvalue weighted by atomic mass is 10.2. The molecule has 0 aliphatic heterocycles. The SMILES string of the molecule is C#CCC(C)NC(=O)/C=C/c1ccc(F)cc1. The van der Waals surface area contributed by atoms with E-state index in [1.807, 2.05) is 6.92 Å². The minimum absolute atomic E-state index is 0.0506. The summed E-state index contributed by atoms with van der Waals surface area (Å²) in [5.41, 5.74) is 0.770. The number of carbonyl (C=O) groups excluding carboxylic acids is 1. The van der Waals surface area contributed by atoms with Crippen molar-refractivity contribution in [2.24, 2.45) is 0 Å². The van der Waals surface area contributed by atoms with E-state index in [2.05, 4.69) is 11.2 Å². The lowest BCUT2D eigenvalue weighted by molar-refractivity contribution is -0.116. The van der Waals surface area contributed by atoms with Crippen molar-refractivity contribution in [3.63, 3.8) is 0 Å². The number of carbonyl (C=O) groups is 1. The summed E-state index contributed by atoms with van der Waals surface area (Å²) in [5, 5.41) is 2.72. The van der Waals surface area contributed by atoms with E-state index < -0.39 is 0 Å². The molecule has 0 fully saturated rings.